The number of methoxy groups -OCH3 is 2. The molecule has 0 aliphatic rings. The van der Waals surface area contributed by atoms with Gasteiger partial charge < -0.3 is 20.2 Å². The van der Waals surface area contributed by atoms with Gasteiger partial charge in [-0.25, -0.2) is 0 Å². The summed E-state index contributed by atoms with van der Waals surface area (Å²) in [5.74, 6) is 1.81. The van der Waals surface area contributed by atoms with E-state index in [1.807, 2.05) is 0 Å². The number of nitrogens with one attached hydrogen (secondary N) is 1. The first-order valence-corrected chi connectivity index (χ1v) is 9.14. The van der Waals surface area contributed by atoms with Crippen LogP contribution in [-0.4, -0.2) is 25.7 Å². The van der Waals surface area contributed by atoms with Crippen molar-refractivity contribution in [1.29, 1.82) is 0 Å². The van der Waals surface area contributed by atoms with Gasteiger partial charge >= 0.3 is 0 Å². The average molecular weight is 352 g/mol. The molecule has 0 bridgehead atoms. The lowest BCUT2D eigenvalue weighted by Gasteiger charge is -2.12. The molecule has 3 N–H and O–H groups in total. The Morgan fingerprint density at radius 3 is 2.50 bits per heavy atom. The van der Waals surface area contributed by atoms with Gasteiger partial charge in [0.1, 0.15) is 11.5 Å². The van der Waals surface area contributed by atoms with Gasteiger partial charge in [0.05, 0.1) is 19.9 Å². The van der Waals surface area contributed by atoms with Gasteiger partial charge in [0.25, 0.3) is 0 Å². The van der Waals surface area contributed by atoms with Gasteiger partial charge in [-0.2, -0.15) is 0 Å². The maximum absolute atomic E-state index is 5.72. The van der Waals surface area contributed by atoms with Gasteiger partial charge in [0, 0.05) is 16.5 Å². The van der Waals surface area contributed by atoms with Crippen LogP contribution in [0.25, 0.3) is 22.2 Å². The summed E-state index contributed by atoms with van der Waals surface area (Å²) >= 11 is 0. The molecule has 1 aromatic heterocycles. The van der Waals surface area contributed by atoms with Crippen molar-refractivity contribution in [1.82, 2.24) is 4.98 Å². The second kappa shape index (κ2) is 7.83. The molecular formula is C22H28N2O2. The molecule has 0 aliphatic heterocycles. The third-order valence-electron chi connectivity index (χ3n) is 4.99. The lowest BCUT2D eigenvalue weighted by atomic mass is 9.98. The Morgan fingerprint density at radius 1 is 1.00 bits per heavy atom. The highest BCUT2D eigenvalue weighted by Crippen LogP contribution is 2.40. The van der Waals surface area contributed by atoms with E-state index >= 15 is 0 Å². The van der Waals surface area contributed by atoms with Gasteiger partial charge in [0.15, 0.2) is 0 Å². The number of ether oxygens (including phenoxy) is 2. The fourth-order valence-electron chi connectivity index (χ4n) is 3.67. The number of aromatic amines is 1. The maximum atomic E-state index is 5.72. The molecule has 0 fully saturated rings. The van der Waals surface area contributed by atoms with Crippen molar-refractivity contribution >= 4 is 10.9 Å². The molecule has 4 nitrogen and oxygen atoms in total. The van der Waals surface area contributed by atoms with E-state index in [0.29, 0.717) is 6.54 Å². The summed E-state index contributed by atoms with van der Waals surface area (Å²) in [4.78, 5) is 3.66. The summed E-state index contributed by atoms with van der Waals surface area (Å²) in [6.45, 7) is 4.91. The molecule has 0 saturated heterocycles. The van der Waals surface area contributed by atoms with Crippen molar-refractivity contribution in [2.24, 2.45) is 5.73 Å². The fourth-order valence-corrected chi connectivity index (χ4v) is 3.67. The average Bonchev–Trinajstić information content (AvgIpc) is 3.00. The number of H-pyrrole nitrogens is 1. The molecule has 1 heterocycles. The molecule has 26 heavy (non-hydrogen) atoms. The maximum Gasteiger partial charge on any atom is 0.131 e. The number of unbranched alkanes of at least 4 members (excludes halogenated alkanes) is 1. The van der Waals surface area contributed by atoms with Crippen LogP contribution in [0.15, 0.2) is 30.3 Å². The number of para-hydroxylation sites is 1. The molecule has 0 radical (unpaired) electrons. The Labute approximate surface area is 155 Å². The lowest BCUT2D eigenvalue weighted by Crippen LogP contribution is -2.00. The summed E-state index contributed by atoms with van der Waals surface area (Å²) < 4.78 is 11.2. The topological polar surface area (TPSA) is 60.3 Å². The Hall–Kier alpha value is -2.46. The lowest BCUT2D eigenvalue weighted by molar-refractivity contribution is 0.413. The van der Waals surface area contributed by atoms with E-state index in [2.05, 4.69) is 49.2 Å². The third-order valence-corrected chi connectivity index (χ3v) is 4.99. The molecule has 138 valence electrons. The monoisotopic (exact) mass is 352 g/mol. The smallest absolute Gasteiger partial charge is 0.131 e. The molecule has 2 aromatic carbocycles. The van der Waals surface area contributed by atoms with Crippen molar-refractivity contribution in [3.05, 3.63) is 47.0 Å². The van der Waals surface area contributed by atoms with Crippen molar-refractivity contribution in [3.63, 3.8) is 0 Å². The van der Waals surface area contributed by atoms with E-state index < -0.39 is 0 Å². The number of fused-ring (bicyclic) bond motifs is 1. The predicted octanol–water partition coefficient (Wildman–Crippen LogP) is 4.75. The Kier molecular flexibility index (Phi) is 5.52. The number of rotatable bonds is 7. The zero-order valence-electron chi connectivity index (χ0n) is 16.1. The summed E-state index contributed by atoms with van der Waals surface area (Å²) in [5.41, 5.74) is 12.7. The van der Waals surface area contributed by atoms with Gasteiger partial charge in [-0.1, -0.05) is 12.1 Å². The number of aromatic nitrogens is 1. The predicted molar refractivity (Wildman–Crippen MR) is 108 cm³/mol. The zero-order valence-corrected chi connectivity index (χ0v) is 16.1. The minimum atomic E-state index is 0.716. The number of hydrogen-bond donors (Lipinski definition) is 2. The van der Waals surface area contributed by atoms with Gasteiger partial charge in [-0.3, -0.25) is 0 Å². The number of aryl methyl sites for hydroxylation is 3. The first-order valence-electron chi connectivity index (χ1n) is 9.14. The van der Waals surface area contributed by atoms with E-state index in [1.165, 1.54) is 16.5 Å². The molecule has 0 saturated carbocycles. The Morgan fingerprint density at radius 2 is 1.81 bits per heavy atom. The quantitative estimate of drug-likeness (QED) is 0.603. The molecule has 4 heteroatoms. The van der Waals surface area contributed by atoms with Crippen LogP contribution in [0.4, 0.5) is 0 Å². The minimum absolute atomic E-state index is 0.716. The zero-order chi connectivity index (χ0) is 18.7. The largest absolute Gasteiger partial charge is 0.497 e. The first-order chi connectivity index (χ1) is 12.6. The van der Waals surface area contributed by atoms with E-state index in [0.717, 1.165) is 53.1 Å². The second-order valence-electron chi connectivity index (χ2n) is 6.75. The summed E-state index contributed by atoms with van der Waals surface area (Å²) in [7, 11) is 3.45. The van der Waals surface area contributed by atoms with Crippen LogP contribution in [0.3, 0.4) is 0 Å². The summed E-state index contributed by atoms with van der Waals surface area (Å²) in [6, 6.07) is 10.5. The van der Waals surface area contributed by atoms with Crippen molar-refractivity contribution in [2.75, 3.05) is 20.8 Å². The highest BCUT2D eigenvalue weighted by Gasteiger charge is 2.19. The van der Waals surface area contributed by atoms with Crippen molar-refractivity contribution in [2.45, 2.75) is 33.1 Å². The SMILES string of the molecule is COc1cc(C)c2[nH]c(-c3cccc(C)c3OC)c(CCCCN)c2c1. The van der Waals surface area contributed by atoms with Gasteiger partial charge in [-0.05, 0) is 74.5 Å². The molecule has 0 unspecified atom stereocenters. The highest BCUT2D eigenvalue weighted by atomic mass is 16.5. The molecular weight excluding hydrogens is 324 g/mol. The minimum Gasteiger partial charge on any atom is -0.497 e. The fraction of sp³-hybridized carbons (Fsp3) is 0.364. The number of nitrogens with two attached hydrogens (primary N) is 1. The van der Waals surface area contributed by atoms with Gasteiger partial charge in [-0.15, -0.1) is 0 Å². The van der Waals surface area contributed by atoms with E-state index in [9.17, 15) is 0 Å². The Balaban J connectivity index is 2.25. The van der Waals surface area contributed by atoms with E-state index in [1.54, 1.807) is 14.2 Å². The highest BCUT2D eigenvalue weighted by molar-refractivity contribution is 5.94. The van der Waals surface area contributed by atoms with Crippen molar-refractivity contribution < 1.29 is 9.47 Å². The van der Waals surface area contributed by atoms with Crippen LogP contribution in [-0.2, 0) is 6.42 Å². The molecule has 0 spiro atoms. The Bertz CT molecular complexity index is 912. The van der Waals surface area contributed by atoms with Crippen molar-refractivity contribution in [3.8, 4) is 22.8 Å². The van der Waals surface area contributed by atoms with Crippen LogP contribution in [0.5, 0.6) is 11.5 Å². The summed E-state index contributed by atoms with van der Waals surface area (Å²) in [5, 5.41) is 1.22. The van der Waals surface area contributed by atoms with E-state index in [-0.39, 0.29) is 0 Å². The van der Waals surface area contributed by atoms with Crippen LogP contribution >= 0.6 is 0 Å². The van der Waals surface area contributed by atoms with Crippen LogP contribution in [0, 0.1) is 13.8 Å². The van der Waals surface area contributed by atoms with Gasteiger partial charge in [0.2, 0.25) is 0 Å². The van der Waals surface area contributed by atoms with E-state index in [4.69, 9.17) is 15.2 Å². The molecule has 3 rings (SSSR count). The number of benzene rings is 2. The van der Waals surface area contributed by atoms with Crippen LogP contribution in [0.1, 0.15) is 29.5 Å². The molecule has 0 aliphatic carbocycles. The standard InChI is InChI=1S/C22H28N2O2/c1-14-8-7-10-18(22(14)26-4)21-17(9-5-6-11-23)19-13-16(25-3)12-15(2)20(19)24-21/h7-8,10,12-13,24H,5-6,9,11,23H2,1-4H3. The third kappa shape index (κ3) is 3.29. The summed E-state index contributed by atoms with van der Waals surface area (Å²) in [6.07, 6.45) is 3.04. The molecule has 3 aromatic rings. The molecule has 0 atom stereocenters. The van der Waals surface area contributed by atoms with Crippen LogP contribution in [0.2, 0.25) is 0 Å². The number of hydrogen-bond acceptors (Lipinski definition) is 3. The second-order valence-corrected chi connectivity index (χ2v) is 6.75. The first kappa shape index (κ1) is 18.3. The molecule has 0 amide bonds. The van der Waals surface area contributed by atoms with Crippen LogP contribution < -0.4 is 15.2 Å². The normalized spacial score (nSPS) is 11.1.